The second-order valence-electron chi connectivity index (χ2n) is 5.79. The first-order valence-corrected chi connectivity index (χ1v) is 8.26. The number of likely N-dealkylation sites (N-methyl/N-ethyl adjacent to an activating group) is 1. The van der Waals surface area contributed by atoms with E-state index in [4.69, 9.17) is 0 Å². The lowest BCUT2D eigenvalue weighted by molar-refractivity contribution is 0.289. The number of hydrogen-bond donors (Lipinski definition) is 0. The molecule has 0 saturated carbocycles. The largest absolute Gasteiger partial charge is 0.349 e. The van der Waals surface area contributed by atoms with E-state index in [0.717, 1.165) is 29.6 Å². The molecule has 0 N–H and O–H groups in total. The smallest absolute Gasteiger partial charge is 0.132 e. The van der Waals surface area contributed by atoms with Crippen LogP contribution in [0.25, 0.3) is 0 Å². The molecule has 2 aromatic heterocycles. The summed E-state index contributed by atoms with van der Waals surface area (Å²) >= 11 is 1.67. The summed E-state index contributed by atoms with van der Waals surface area (Å²) in [6.45, 7) is 4.00. The molecule has 3 heterocycles. The van der Waals surface area contributed by atoms with Gasteiger partial charge in [-0.15, -0.1) is 11.3 Å². The van der Waals surface area contributed by atoms with Gasteiger partial charge in [0.15, 0.2) is 0 Å². The number of aromatic nitrogens is 3. The van der Waals surface area contributed by atoms with Crippen molar-refractivity contribution in [1.29, 1.82) is 0 Å². The van der Waals surface area contributed by atoms with Crippen LogP contribution < -0.4 is 4.90 Å². The molecular formula is C15H20FN5S. The molecule has 1 aliphatic heterocycles. The third-order valence-corrected chi connectivity index (χ3v) is 4.77. The van der Waals surface area contributed by atoms with Crippen LogP contribution in [0.5, 0.6) is 0 Å². The molecule has 5 nitrogen and oxygen atoms in total. The summed E-state index contributed by atoms with van der Waals surface area (Å²) in [6, 6.07) is 1.98. The Bertz CT molecular complexity index is 605. The Morgan fingerprint density at radius 3 is 3.05 bits per heavy atom. The van der Waals surface area contributed by atoms with Gasteiger partial charge in [0, 0.05) is 36.3 Å². The van der Waals surface area contributed by atoms with Crippen LogP contribution in [-0.2, 0) is 6.54 Å². The van der Waals surface area contributed by atoms with E-state index in [1.54, 1.807) is 17.5 Å². The van der Waals surface area contributed by atoms with Crippen LogP contribution >= 0.6 is 11.3 Å². The van der Waals surface area contributed by atoms with Gasteiger partial charge in [0.1, 0.15) is 23.3 Å². The van der Waals surface area contributed by atoms with E-state index in [1.807, 2.05) is 13.0 Å². The quantitative estimate of drug-likeness (QED) is 0.845. The lowest BCUT2D eigenvalue weighted by Gasteiger charge is -2.28. The first-order chi connectivity index (χ1) is 10.6. The van der Waals surface area contributed by atoms with Gasteiger partial charge in [0.2, 0.25) is 0 Å². The third-order valence-electron chi connectivity index (χ3n) is 3.82. The Balaban J connectivity index is 1.64. The van der Waals surface area contributed by atoms with E-state index in [-0.39, 0.29) is 6.04 Å². The van der Waals surface area contributed by atoms with E-state index >= 15 is 0 Å². The molecule has 0 bridgehead atoms. The third kappa shape index (κ3) is 3.59. The Hall–Kier alpha value is -1.60. The van der Waals surface area contributed by atoms with Gasteiger partial charge < -0.3 is 4.90 Å². The average Bonchev–Trinajstić information content (AvgIpc) is 3.06. The van der Waals surface area contributed by atoms with E-state index < -0.39 is 6.17 Å². The molecule has 0 aliphatic carbocycles. The highest BCUT2D eigenvalue weighted by Crippen LogP contribution is 2.26. The number of alkyl halides is 1. The van der Waals surface area contributed by atoms with E-state index in [2.05, 4.69) is 37.2 Å². The topological polar surface area (TPSA) is 45.2 Å². The summed E-state index contributed by atoms with van der Waals surface area (Å²) in [5, 5.41) is 3.16. The van der Waals surface area contributed by atoms with Crippen molar-refractivity contribution < 1.29 is 4.39 Å². The molecule has 0 amide bonds. The molecule has 118 valence electrons. The number of hydrogen-bond acceptors (Lipinski definition) is 6. The van der Waals surface area contributed by atoms with Crippen molar-refractivity contribution in [3.05, 3.63) is 34.7 Å². The van der Waals surface area contributed by atoms with Crippen molar-refractivity contribution in [3.8, 4) is 0 Å². The van der Waals surface area contributed by atoms with E-state index in [0.29, 0.717) is 13.0 Å². The van der Waals surface area contributed by atoms with E-state index in [9.17, 15) is 4.39 Å². The lowest BCUT2D eigenvalue weighted by atomic mass is 10.2. The number of anilines is 1. The predicted octanol–water partition coefficient (Wildman–Crippen LogP) is 2.29. The zero-order chi connectivity index (χ0) is 15.5. The van der Waals surface area contributed by atoms with Gasteiger partial charge >= 0.3 is 0 Å². The molecule has 3 rings (SSSR count). The number of rotatable bonds is 5. The Labute approximate surface area is 133 Å². The van der Waals surface area contributed by atoms with Crippen LogP contribution in [-0.4, -0.2) is 52.2 Å². The minimum Gasteiger partial charge on any atom is -0.349 e. The molecule has 2 atom stereocenters. The Morgan fingerprint density at radius 1 is 1.50 bits per heavy atom. The van der Waals surface area contributed by atoms with Crippen LogP contribution in [0.15, 0.2) is 24.0 Å². The fraction of sp³-hybridized carbons (Fsp3) is 0.533. The summed E-state index contributed by atoms with van der Waals surface area (Å²) in [5.74, 6) is 0.804. The van der Waals surface area contributed by atoms with Crippen molar-refractivity contribution in [1.82, 2.24) is 19.9 Å². The maximum absolute atomic E-state index is 13.9. The zero-order valence-electron chi connectivity index (χ0n) is 12.8. The fourth-order valence-electron chi connectivity index (χ4n) is 2.90. The van der Waals surface area contributed by atoms with Gasteiger partial charge in [0.25, 0.3) is 0 Å². The van der Waals surface area contributed by atoms with E-state index in [1.165, 1.54) is 6.33 Å². The summed E-state index contributed by atoms with van der Waals surface area (Å²) < 4.78 is 13.9. The molecule has 7 heteroatoms. The van der Waals surface area contributed by atoms with Crippen molar-refractivity contribution in [2.75, 3.05) is 25.0 Å². The molecule has 0 unspecified atom stereocenters. The first-order valence-electron chi connectivity index (χ1n) is 7.38. The minimum absolute atomic E-state index is 0.135. The normalized spacial score (nSPS) is 21.7. The molecule has 0 radical (unpaired) electrons. The van der Waals surface area contributed by atoms with Crippen molar-refractivity contribution in [3.63, 3.8) is 0 Å². The number of thiazole rings is 1. The van der Waals surface area contributed by atoms with Crippen molar-refractivity contribution >= 4 is 17.2 Å². The summed E-state index contributed by atoms with van der Waals surface area (Å²) in [6.07, 6.45) is 2.97. The molecular weight excluding hydrogens is 301 g/mol. The summed E-state index contributed by atoms with van der Waals surface area (Å²) in [5.41, 5.74) is 1.06. The van der Waals surface area contributed by atoms with Gasteiger partial charge in [-0.3, -0.25) is 4.90 Å². The van der Waals surface area contributed by atoms with Gasteiger partial charge in [-0.25, -0.2) is 19.3 Å². The standard InChI is InChI=1S/C15H20FN5S/c1-11-9-22-15(19-11)8-20(2)7-13-5-12(16)6-21(13)14-3-4-17-10-18-14/h3-4,9-10,12-13H,5-8H2,1-2H3/t12-,13-/m0/s1. The van der Waals surface area contributed by atoms with Crippen LogP contribution in [0, 0.1) is 6.92 Å². The average molecular weight is 321 g/mol. The molecule has 2 aromatic rings. The highest BCUT2D eigenvalue weighted by molar-refractivity contribution is 7.09. The lowest BCUT2D eigenvalue weighted by Crippen LogP contribution is -2.39. The SMILES string of the molecule is Cc1csc(CN(C)C[C@@H]2C[C@H](F)CN2c2ccncn2)n1. The highest BCUT2D eigenvalue weighted by Gasteiger charge is 2.33. The van der Waals surface area contributed by atoms with Gasteiger partial charge in [-0.2, -0.15) is 0 Å². The maximum atomic E-state index is 13.9. The zero-order valence-corrected chi connectivity index (χ0v) is 13.6. The highest BCUT2D eigenvalue weighted by atomic mass is 32.1. The second kappa shape index (κ2) is 6.66. The van der Waals surface area contributed by atoms with Crippen LogP contribution in [0.3, 0.4) is 0 Å². The van der Waals surface area contributed by atoms with Crippen LogP contribution in [0.4, 0.5) is 10.2 Å². The van der Waals surface area contributed by atoms with Crippen LogP contribution in [0.2, 0.25) is 0 Å². The number of nitrogens with zero attached hydrogens (tertiary/aromatic N) is 5. The first kappa shape index (κ1) is 15.3. The number of aryl methyl sites for hydroxylation is 1. The van der Waals surface area contributed by atoms with Gasteiger partial charge in [-0.05, 0) is 20.0 Å². The van der Waals surface area contributed by atoms with Crippen LogP contribution in [0.1, 0.15) is 17.1 Å². The Morgan fingerprint density at radius 2 is 2.36 bits per heavy atom. The fourth-order valence-corrected chi connectivity index (χ4v) is 3.75. The van der Waals surface area contributed by atoms with Crippen molar-refractivity contribution in [2.45, 2.75) is 32.1 Å². The minimum atomic E-state index is -0.796. The Kier molecular flexibility index (Phi) is 4.63. The number of halogens is 1. The molecule has 1 fully saturated rings. The van der Waals surface area contributed by atoms with Gasteiger partial charge in [-0.1, -0.05) is 0 Å². The maximum Gasteiger partial charge on any atom is 0.132 e. The summed E-state index contributed by atoms with van der Waals surface area (Å²) in [4.78, 5) is 16.9. The second-order valence-corrected chi connectivity index (χ2v) is 6.73. The molecule has 0 spiro atoms. The monoisotopic (exact) mass is 321 g/mol. The summed E-state index contributed by atoms with van der Waals surface area (Å²) in [7, 11) is 2.06. The van der Waals surface area contributed by atoms with Gasteiger partial charge in [0.05, 0.1) is 13.1 Å². The molecule has 1 aliphatic rings. The van der Waals surface area contributed by atoms with Crippen molar-refractivity contribution in [2.24, 2.45) is 0 Å². The molecule has 1 saturated heterocycles. The molecule has 0 aromatic carbocycles. The molecule has 22 heavy (non-hydrogen) atoms. The predicted molar refractivity (Wildman–Crippen MR) is 85.9 cm³/mol.